The van der Waals surface area contributed by atoms with Crippen molar-refractivity contribution in [2.75, 3.05) is 11.5 Å². The van der Waals surface area contributed by atoms with Gasteiger partial charge in [0.05, 0.1) is 12.8 Å². The Labute approximate surface area is 113 Å². The van der Waals surface area contributed by atoms with Crippen LogP contribution in [0, 0.1) is 0 Å². The summed E-state index contributed by atoms with van der Waals surface area (Å²) in [5.74, 6) is -1.52. The molecular formula is C10H14O6S2. The van der Waals surface area contributed by atoms with Gasteiger partial charge in [-0.15, -0.1) is 0 Å². The highest BCUT2D eigenvalue weighted by Gasteiger charge is 2.09. The van der Waals surface area contributed by atoms with Crippen LogP contribution in [-0.4, -0.2) is 43.9 Å². The van der Waals surface area contributed by atoms with Crippen molar-refractivity contribution in [1.82, 2.24) is 0 Å². The highest BCUT2D eigenvalue weighted by Crippen LogP contribution is 2.13. The zero-order chi connectivity index (χ0) is 14.0. The maximum atomic E-state index is 11.2. The molecule has 0 fully saturated rings. The van der Waals surface area contributed by atoms with Crippen molar-refractivity contribution >= 4 is 45.7 Å². The Morgan fingerprint density at radius 1 is 0.667 bits per heavy atom. The lowest BCUT2D eigenvalue weighted by molar-refractivity contribution is -0.137. The molecule has 0 amide bonds. The molecule has 0 aliphatic carbocycles. The predicted molar refractivity (Wildman–Crippen MR) is 68.7 cm³/mol. The number of hydrogen-bond acceptors (Lipinski definition) is 6. The van der Waals surface area contributed by atoms with Crippen LogP contribution in [0.2, 0.25) is 0 Å². The number of carbonyl (C=O) groups is 4. The Morgan fingerprint density at radius 2 is 1.00 bits per heavy atom. The van der Waals surface area contributed by atoms with Gasteiger partial charge < -0.3 is 10.2 Å². The van der Waals surface area contributed by atoms with E-state index < -0.39 is 11.9 Å². The van der Waals surface area contributed by atoms with Gasteiger partial charge in [0.25, 0.3) is 0 Å². The number of carboxylic acid groups (broad SMARTS) is 2. The topological polar surface area (TPSA) is 109 Å². The van der Waals surface area contributed by atoms with E-state index in [1.165, 1.54) is 0 Å². The van der Waals surface area contributed by atoms with E-state index in [0.29, 0.717) is 0 Å². The van der Waals surface area contributed by atoms with E-state index in [4.69, 9.17) is 10.2 Å². The van der Waals surface area contributed by atoms with Gasteiger partial charge in [-0.3, -0.25) is 19.2 Å². The second-order valence-corrected chi connectivity index (χ2v) is 5.53. The summed E-state index contributed by atoms with van der Waals surface area (Å²) in [7, 11) is 0. The normalized spacial score (nSPS) is 10.0. The molecule has 0 heterocycles. The van der Waals surface area contributed by atoms with E-state index in [1.54, 1.807) is 0 Å². The second-order valence-electron chi connectivity index (χ2n) is 3.23. The number of thioether (sulfide) groups is 2. The standard InChI is InChI=1S/C10H14O6S2/c11-7(12)3-5-17-9(15)1-2-10(16)18-6-4-8(13)14/h1-6H2,(H,11,12)(H,13,14). The maximum absolute atomic E-state index is 11.2. The fourth-order valence-corrected chi connectivity index (χ4v) is 2.35. The lowest BCUT2D eigenvalue weighted by Crippen LogP contribution is -2.03. The van der Waals surface area contributed by atoms with Gasteiger partial charge in [0.15, 0.2) is 10.2 Å². The molecular weight excluding hydrogens is 280 g/mol. The van der Waals surface area contributed by atoms with E-state index in [0.717, 1.165) is 23.5 Å². The van der Waals surface area contributed by atoms with Gasteiger partial charge in [0, 0.05) is 24.3 Å². The third kappa shape index (κ3) is 11.5. The Bertz CT molecular complexity index is 296. The third-order valence-corrected chi connectivity index (χ3v) is 3.56. The number of hydrogen-bond donors (Lipinski definition) is 2. The van der Waals surface area contributed by atoms with Crippen LogP contribution in [0.4, 0.5) is 0 Å². The molecule has 0 saturated heterocycles. The summed E-state index contributed by atoms with van der Waals surface area (Å²) in [6.07, 6.45) is -0.0538. The van der Waals surface area contributed by atoms with Gasteiger partial charge in [-0.25, -0.2) is 0 Å². The molecule has 0 radical (unpaired) electrons. The Kier molecular flexibility index (Phi) is 9.39. The third-order valence-electron chi connectivity index (χ3n) is 1.69. The number of carboxylic acids is 2. The summed E-state index contributed by atoms with van der Waals surface area (Å²) < 4.78 is 0. The van der Waals surface area contributed by atoms with Crippen LogP contribution in [0.3, 0.4) is 0 Å². The van der Waals surface area contributed by atoms with Crippen molar-refractivity contribution in [2.24, 2.45) is 0 Å². The SMILES string of the molecule is O=C(O)CCSC(=O)CCC(=O)SCCC(=O)O. The lowest BCUT2D eigenvalue weighted by Gasteiger charge is -1.99. The first kappa shape index (κ1) is 17.0. The molecule has 8 heteroatoms. The predicted octanol–water partition coefficient (Wildman–Crippen LogP) is 1.24. The van der Waals surface area contributed by atoms with Crippen LogP contribution < -0.4 is 0 Å². The molecule has 0 aromatic rings. The molecule has 0 rings (SSSR count). The zero-order valence-electron chi connectivity index (χ0n) is 9.59. The molecule has 2 N–H and O–H groups in total. The number of rotatable bonds is 9. The minimum Gasteiger partial charge on any atom is -0.481 e. The molecule has 0 saturated carbocycles. The van der Waals surface area contributed by atoms with Gasteiger partial charge >= 0.3 is 11.9 Å². The fourth-order valence-electron chi connectivity index (χ4n) is 0.853. The monoisotopic (exact) mass is 294 g/mol. The number of carbonyl (C=O) groups excluding carboxylic acids is 2. The van der Waals surface area contributed by atoms with Crippen LogP contribution in [0.15, 0.2) is 0 Å². The fraction of sp³-hybridized carbons (Fsp3) is 0.600. The summed E-state index contributed by atoms with van der Waals surface area (Å²) in [4.78, 5) is 42.8. The van der Waals surface area contributed by atoms with Gasteiger partial charge in [-0.1, -0.05) is 23.5 Å². The van der Waals surface area contributed by atoms with Crippen LogP contribution in [0.1, 0.15) is 25.7 Å². The van der Waals surface area contributed by atoms with Crippen molar-refractivity contribution in [1.29, 1.82) is 0 Å². The molecule has 0 aromatic heterocycles. The van der Waals surface area contributed by atoms with Gasteiger partial charge in [0.1, 0.15) is 0 Å². The summed E-state index contributed by atoms with van der Waals surface area (Å²) in [5.41, 5.74) is 0. The molecule has 0 aromatic carbocycles. The molecule has 102 valence electrons. The first-order valence-corrected chi connectivity index (χ1v) is 7.13. The van der Waals surface area contributed by atoms with E-state index in [9.17, 15) is 19.2 Å². The first-order valence-electron chi connectivity index (χ1n) is 5.16. The van der Waals surface area contributed by atoms with E-state index in [-0.39, 0.29) is 47.4 Å². The first-order chi connectivity index (χ1) is 8.41. The highest BCUT2D eigenvalue weighted by atomic mass is 32.2. The van der Waals surface area contributed by atoms with E-state index in [2.05, 4.69) is 0 Å². The zero-order valence-corrected chi connectivity index (χ0v) is 11.2. The smallest absolute Gasteiger partial charge is 0.304 e. The highest BCUT2D eigenvalue weighted by molar-refractivity contribution is 8.14. The van der Waals surface area contributed by atoms with Crippen LogP contribution in [0.25, 0.3) is 0 Å². The summed E-state index contributed by atoms with van der Waals surface area (Å²) >= 11 is 1.80. The average molecular weight is 294 g/mol. The van der Waals surface area contributed by atoms with Crippen molar-refractivity contribution in [2.45, 2.75) is 25.7 Å². The summed E-state index contributed by atoms with van der Waals surface area (Å²) in [6, 6.07) is 0. The second kappa shape index (κ2) is 9.95. The van der Waals surface area contributed by atoms with E-state index >= 15 is 0 Å². The Morgan fingerprint density at radius 3 is 1.28 bits per heavy atom. The van der Waals surface area contributed by atoms with Crippen LogP contribution in [0.5, 0.6) is 0 Å². The molecule has 0 spiro atoms. The molecule has 0 aliphatic heterocycles. The quantitative estimate of drug-likeness (QED) is 0.653. The van der Waals surface area contributed by atoms with Gasteiger partial charge in [0.2, 0.25) is 0 Å². The molecule has 0 aliphatic rings. The van der Waals surface area contributed by atoms with Crippen molar-refractivity contribution in [3.05, 3.63) is 0 Å². The summed E-state index contributed by atoms with van der Waals surface area (Å²) in [6.45, 7) is 0. The molecule has 6 nitrogen and oxygen atoms in total. The minimum atomic E-state index is -0.962. The Hall–Kier alpha value is -1.02. The van der Waals surface area contributed by atoms with E-state index in [1.807, 2.05) is 0 Å². The minimum absolute atomic E-state index is 0.0587. The molecule has 0 atom stereocenters. The van der Waals surface area contributed by atoms with Crippen LogP contribution in [-0.2, 0) is 19.2 Å². The van der Waals surface area contributed by atoms with Gasteiger partial charge in [-0.05, 0) is 0 Å². The molecule has 0 bridgehead atoms. The average Bonchev–Trinajstić information content (AvgIpc) is 2.25. The molecule has 0 unspecified atom stereocenters. The largest absolute Gasteiger partial charge is 0.481 e. The maximum Gasteiger partial charge on any atom is 0.304 e. The molecule has 18 heavy (non-hydrogen) atoms. The number of aliphatic carboxylic acids is 2. The van der Waals surface area contributed by atoms with Crippen LogP contribution >= 0.6 is 23.5 Å². The summed E-state index contributed by atoms with van der Waals surface area (Å²) in [5, 5.41) is 16.3. The van der Waals surface area contributed by atoms with Gasteiger partial charge in [-0.2, -0.15) is 0 Å². The van der Waals surface area contributed by atoms with Crippen molar-refractivity contribution < 1.29 is 29.4 Å². The van der Waals surface area contributed by atoms with Crippen molar-refractivity contribution in [3.8, 4) is 0 Å². The Balaban J connectivity index is 3.56. The van der Waals surface area contributed by atoms with Crippen molar-refractivity contribution in [3.63, 3.8) is 0 Å². The lowest BCUT2D eigenvalue weighted by atomic mass is 10.4.